The van der Waals surface area contributed by atoms with Gasteiger partial charge in [-0.25, -0.2) is 0 Å². The van der Waals surface area contributed by atoms with Crippen LogP contribution in [-0.2, 0) is 10.1 Å². The zero-order valence-corrected chi connectivity index (χ0v) is 17.3. The molecule has 1 aliphatic heterocycles. The highest BCUT2D eigenvalue weighted by molar-refractivity contribution is 7.87. The first-order valence-electron chi connectivity index (χ1n) is 9.29. The van der Waals surface area contributed by atoms with Crippen molar-refractivity contribution in [2.45, 2.75) is 30.6 Å². The van der Waals surface area contributed by atoms with Crippen LogP contribution in [0.15, 0.2) is 41.3 Å². The third kappa shape index (κ3) is 4.40. The second kappa shape index (κ2) is 8.20. The quantitative estimate of drug-likeness (QED) is 0.294. The Labute approximate surface area is 171 Å². The second-order valence-corrected chi connectivity index (χ2v) is 8.62. The Bertz CT molecular complexity index is 1020. The molecule has 0 bridgehead atoms. The summed E-state index contributed by atoms with van der Waals surface area (Å²) in [5, 5.41) is 7.59. The zero-order chi connectivity index (χ0) is 21.2. The highest BCUT2D eigenvalue weighted by atomic mass is 32.2. The van der Waals surface area contributed by atoms with E-state index in [1.807, 2.05) is 17.9 Å². The number of guanidine groups is 1. The number of benzene rings is 2. The lowest BCUT2D eigenvalue weighted by molar-refractivity contribution is 0.301. The lowest BCUT2D eigenvalue weighted by Crippen LogP contribution is -2.41. The number of ether oxygens (including phenoxy) is 1. The molecule has 3 rings (SSSR count). The van der Waals surface area contributed by atoms with Crippen molar-refractivity contribution in [3.63, 3.8) is 0 Å². The maximum atomic E-state index is 12.8. The molecule has 8 nitrogen and oxygen atoms in total. The third-order valence-corrected chi connectivity index (χ3v) is 6.40. The van der Waals surface area contributed by atoms with Crippen LogP contribution >= 0.6 is 0 Å². The van der Waals surface area contributed by atoms with Crippen molar-refractivity contribution in [1.82, 2.24) is 4.90 Å². The third-order valence-electron chi connectivity index (χ3n) is 5.10. The standard InChI is InChI=1S/C20H26N4O4S/c1-13-11-15(14-7-9-24(10-8-14)20(22)23)19(27-2)17(12-13)28-29(25,26)18-6-4-3-5-16(18)21/h3-6,11-12,14H,7-10,21H2,1-2H3,(H3,22,23). The van der Waals surface area contributed by atoms with E-state index in [4.69, 9.17) is 25.8 Å². The van der Waals surface area contributed by atoms with Gasteiger partial charge >= 0.3 is 10.1 Å². The van der Waals surface area contributed by atoms with Crippen LogP contribution in [0.3, 0.4) is 0 Å². The highest BCUT2D eigenvalue weighted by Crippen LogP contribution is 2.42. The SMILES string of the molecule is COc1c(OS(=O)(=O)c2ccccc2N)cc(C)cc1C1CCN(C(=N)N)CC1. The van der Waals surface area contributed by atoms with E-state index < -0.39 is 10.1 Å². The molecule has 2 aromatic carbocycles. The summed E-state index contributed by atoms with van der Waals surface area (Å²) in [4.78, 5) is 1.73. The van der Waals surface area contributed by atoms with Gasteiger partial charge in [0, 0.05) is 18.7 Å². The maximum absolute atomic E-state index is 12.8. The van der Waals surface area contributed by atoms with Gasteiger partial charge in [0.15, 0.2) is 17.5 Å². The number of aryl methyl sites for hydroxylation is 1. The summed E-state index contributed by atoms with van der Waals surface area (Å²) in [6.07, 6.45) is 1.55. The van der Waals surface area contributed by atoms with Crippen molar-refractivity contribution in [3.8, 4) is 11.5 Å². The van der Waals surface area contributed by atoms with E-state index in [9.17, 15) is 8.42 Å². The fourth-order valence-corrected chi connectivity index (χ4v) is 4.71. The molecule has 0 aromatic heterocycles. The largest absolute Gasteiger partial charge is 0.492 e. The number of hydrogen-bond donors (Lipinski definition) is 3. The smallest absolute Gasteiger partial charge is 0.341 e. The van der Waals surface area contributed by atoms with Gasteiger partial charge in [-0.1, -0.05) is 18.2 Å². The van der Waals surface area contributed by atoms with Gasteiger partial charge in [-0.15, -0.1) is 0 Å². The highest BCUT2D eigenvalue weighted by Gasteiger charge is 2.28. The molecule has 1 fully saturated rings. The Morgan fingerprint density at radius 1 is 1.21 bits per heavy atom. The number of likely N-dealkylation sites (tertiary alicyclic amines) is 1. The molecule has 0 saturated carbocycles. The Balaban J connectivity index is 1.95. The van der Waals surface area contributed by atoms with Crippen LogP contribution in [0.5, 0.6) is 11.5 Å². The van der Waals surface area contributed by atoms with Gasteiger partial charge in [0.05, 0.1) is 12.8 Å². The molecule has 0 spiro atoms. The number of para-hydroxylation sites is 1. The lowest BCUT2D eigenvalue weighted by atomic mass is 9.88. The molecule has 2 aromatic rings. The fourth-order valence-electron chi connectivity index (χ4n) is 3.65. The lowest BCUT2D eigenvalue weighted by Gasteiger charge is -2.33. The van der Waals surface area contributed by atoms with Crippen molar-refractivity contribution in [2.24, 2.45) is 5.73 Å². The number of hydrogen-bond acceptors (Lipinski definition) is 6. The monoisotopic (exact) mass is 418 g/mol. The first kappa shape index (κ1) is 20.8. The molecule has 0 unspecified atom stereocenters. The summed E-state index contributed by atoms with van der Waals surface area (Å²) in [5.41, 5.74) is 13.3. The van der Waals surface area contributed by atoms with E-state index >= 15 is 0 Å². The maximum Gasteiger partial charge on any atom is 0.341 e. The number of nitrogens with two attached hydrogens (primary N) is 2. The molecule has 1 aliphatic rings. The fraction of sp³-hybridized carbons (Fsp3) is 0.350. The zero-order valence-electron chi connectivity index (χ0n) is 16.5. The Morgan fingerprint density at radius 2 is 1.86 bits per heavy atom. The average molecular weight is 419 g/mol. The van der Waals surface area contributed by atoms with E-state index in [2.05, 4.69) is 0 Å². The van der Waals surface area contributed by atoms with Crippen molar-refractivity contribution < 1.29 is 17.3 Å². The molecule has 0 aliphatic carbocycles. The summed E-state index contributed by atoms with van der Waals surface area (Å²) < 4.78 is 36.6. The van der Waals surface area contributed by atoms with Crippen LogP contribution < -0.4 is 20.4 Å². The first-order chi connectivity index (χ1) is 13.7. The summed E-state index contributed by atoms with van der Waals surface area (Å²) in [7, 11) is -2.62. The number of nitrogen functional groups attached to an aromatic ring is 1. The molecule has 156 valence electrons. The number of anilines is 1. The Hall–Kier alpha value is -2.94. The average Bonchev–Trinajstić information content (AvgIpc) is 2.67. The van der Waals surface area contributed by atoms with Crippen LogP contribution in [0, 0.1) is 12.3 Å². The normalized spacial score (nSPS) is 15.2. The van der Waals surface area contributed by atoms with E-state index in [-0.39, 0.29) is 28.2 Å². The van der Waals surface area contributed by atoms with Crippen LogP contribution in [0.2, 0.25) is 0 Å². The Kier molecular flexibility index (Phi) is 5.88. The van der Waals surface area contributed by atoms with Gasteiger partial charge in [-0.05, 0) is 49.4 Å². The second-order valence-electron chi connectivity index (χ2n) is 7.11. The van der Waals surface area contributed by atoms with Gasteiger partial charge in [0.2, 0.25) is 0 Å². The molecule has 0 amide bonds. The van der Waals surface area contributed by atoms with E-state index in [1.165, 1.54) is 19.2 Å². The predicted octanol–water partition coefficient (Wildman–Crippen LogP) is 2.43. The first-order valence-corrected chi connectivity index (χ1v) is 10.7. The molecular weight excluding hydrogens is 392 g/mol. The van der Waals surface area contributed by atoms with E-state index in [1.54, 1.807) is 18.2 Å². The van der Waals surface area contributed by atoms with E-state index in [0.717, 1.165) is 24.0 Å². The minimum Gasteiger partial charge on any atom is -0.492 e. The number of piperidine rings is 1. The minimum absolute atomic E-state index is 0.0650. The van der Waals surface area contributed by atoms with Gasteiger partial charge in [0.1, 0.15) is 4.90 Å². The van der Waals surface area contributed by atoms with Crippen LogP contribution in [0.4, 0.5) is 5.69 Å². The molecular formula is C20H26N4O4S. The summed E-state index contributed by atoms with van der Waals surface area (Å²) in [6, 6.07) is 9.80. The molecule has 29 heavy (non-hydrogen) atoms. The van der Waals surface area contributed by atoms with Crippen molar-refractivity contribution >= 4 is 21.8 Å². The molecule has 1 heterocycles. The van der Waals surface area contributed by atoms with Gasteiger partial charge in [-0.3, -0.25) is 5.41 Å². The molecule has 9 heteroatoms. The van der Waals surface area contributed by atoms with Gasteiger partial charge in [0.25, 0.3) is 0 Å². The van der Waals surface area contributed by atoms with Crippen molar-refractivity contribution in [1.29, 1.82) is 5.41 Å². The molecule has 0 atom stereocenters. The molecule has 1 saturated heterocycles. The van der Waals surface area contributed by atoms with E-state index in [0.29, 0.717) is 18.8 Å². The molecule has 0 radical (unpaired) electrons. The summed E-state index contributed by atoms with van der Waals surface area (Å²) in [6.45, 7) is 3.20. The van der Waals surface area contributed by atoms with Gasteiger partial charge < -0.3 is 25.3 Å². The van der Waals surface area contributed by atoms with Crippen molar-refractivity contribution in [3.05, 3.63) is 47.5 Å². The number of methoxy groups -OCH3 is 1. The summed E-state index contributed by atoms with van der Waals surface area (Å²) in [5.74, 6) is 0.747. The topological polar surface area (TPSA) is 132 Å². The van der Waals surface area contributed by atoms with Crippen molar-refractivity contribution in [2.75, 3.05) is 25.9 Å². The number of nitrogens with one attached hydrogen (secondary N) is 1. The minimum atomic E-state index is -4.12. The van der Waals surface area contributed by atoms with Crippen LogP contribution in [0.1, 0.15) is 29.9 Å². The van der Waals surface area contributed by atoms with Gasteiger partial charge in [-0.2, -0.15) is 8.42 Å². The van der Waals surface area contributed by atoms with Crippen LogP contribution in [-0.4, -0.2) is 39.5 Å². The predicted molar refractivity (Wildman–Crippen MR) is 112 cm³/mol. The Morgan fingerprint density at radius 3 is 2.45 bits per heavy atom. The number of nitrogens with zero attached hydrogens (tertiary/aromatic N) is 1. The summed E-state index contributed by atoms with van der Waals surface area (Å²) >= 11 is 0. The van der Waals surface area contributed by atoms with Crippen LogP contribution in [0.25, 0.3) is 0 Å². The molecule has 5 N–H and O–H groups in total. The number of rotatable bonds is 5.